The van der Waals surface area contributed by atoms with Gasteiger partial charge in [0.1, 0.15) is 0 Å². The highest BCUT2D eigenvalue weighted by Gasteiger charge is 2.11. The molecule has 4 aromatic rings. The normalized spacial score (nSPS) is 10.5. The van der Waals surface area contributed by atoms with Gasteiger partial charge < -0.3 is 4.52 Å². The van der Waals surface area contributed by atoms with E-state index in [2.05, 4.69) is 36.3 Å². The highest BCUT2D eigenvalue weighted by Crippen LogP contribution is 2.16. The van der Waals surface area contributed by atoms with Gasteiger partial charge in [-0.1, -0.05) is 47.6 Å². The van der Waals surface area contributed by atoms with Crippen molar-refractivity contribution in [3.8, 4) is 11.4 Å². The molecule has 2 heterocycles. The van der Waals surface area contributed by atoms with Crippen LogP contribution in [0.2, 0.25) is 0 Å². The molecule has 26 heavy (non-hydrogen) atoms. The molecule has 2 aromatic carbocycles. The highest BCUT2D eigenvalue weighted by molar-refractivity contribution is 5.88. The number of fused-ring (bicyclic) bond motifs is 1. The number of carbonyl (C=O) groups is 1. The third-order valence-electron chi connectivity index (χ3n) is 3.43. The van der Waals surface area contributed by atoms with Crippen molar-refractivity contribution in [2.75, 3.05) is 10.7 Å². The smallest absolute Gasteiger partial charge is 0.315 e. The summed E-state index contributed by atoms with van der Waals surface area (Å²) < 4.78 is 5.01. The maximum absolute atomic E-state index is 11.9. The van der Waals surface area contributed by atoms with E-state index in [0.717, 1.165) is 11.1 Å². The van der Waals surface area contributed by atoms with Crippen molar-refractivity contribution in [1.29, 1.82) is 0 Å². The molecule has 9 nitrogen and oxygen atoms in total. The third kappa shape index (κ3) is 3.41. The van der Waals surface area contributed by atoms with Crippen LogP contribution in [0.3, 0.4) is 0 Å². The fraction of sp³-hybridized carbons (Fsp3) is 0. The molecule has 128 valence electrons. The first-order valence-corrected chi connectivity index (χ1v) is 7.72. The fourth-order valence-electron chi connectivity index (χ4n) is 2.25. The Labute approximate surface area is 147 Å². The number of benzene rings is 2. The predicted molar refractivity (Wildman–Crippen MR) is 95.0 cm³/mol. The Bertz CT molecular complexity index is 1050. The molecule has 0 saturated carbocycles. The lowest BCUT2D eigenvalue weighted by atomic mass is 10.2. The molecular weight excluding hydrogens is 334 g/mol. The van der Waals surface area contributed by atoms with Crippen LogP contribution in [0, 0.1) is 0 Å². The van der Waals surface area contributed by atoms with Gasteiger partial charge in [-0.15, -0.1) is 0 Å². The van der Waals surface area contributed by atoms with Gasteiger partial charge in [-0.3, -0.25) is 15.7 Å². The van der Waals surface area contributed by atoms with Crippen molar-refractivity contribution in [1.82, 2.24) is 25.5 Å². The minimum atomic E-state index is -0.580. The largest absolute Gasteiger partial charge is 0.341 e. The summed E-state index contributed by atoms with van der Waals surface area (Å²) in [6.45, 7) is 0. The van der Waals surface area contributed by atoms with Crippen molar-refractivity contribution >= 4 is 28.9 Å². The van der Waals surface area contributed by atoms with E-state index in [4.69, 9.17) is 4.52 Å². The zero-order chi connectivity index (χ0) is 17.8. The minimum Gasteiger partial charge on any atom is -0.315 e. The highest BCUT2D eigenvalue weighted by atomic mass is 16.5. The molecule has 2 aromatic heterocycles. The maximum atomic E-state index is 11.9. The van der Waals surface area contributed by atoms with Crippen molar-refractivity contribution in [3.63, 3.8) is 0 Å². The van der Waals surface area contributed by atoms with Crippen LogP contribution in [0.25, 0.3) is 22.4 Å². The van der Waals surface area contributed by atoms with Crippen LogP contribution < -0.4 is 16.2 Å². The predicted octanol–water partition coefficient (Wildman–Crippen LogP) is 2.83. The van der Waals surface area contributed by atoms with Gasteiger partial charge in [0.2, 0.25) is 5.82 Å². The Balaban J connectivity index is 1.37. The standard InChI is InChI=1S/C17H13N7O2/c25-16(21-17-20-15(24-26-17)11-6-2-1-3-7-11)23-22-14-10-18-12-8-4-5-9-13(12)19-14/h1-10H,(H,19,22)(H2,20,21,23,24,25). The molecule has 0 radical (unpaired) electrons. The van der Waals surface area contributed by atoms with E-state index in [0.29, 0.717) is 17.2 Å². The van der Waals surface area contributed by atoms with E-state index in [9.17, 15) is 4.79 Å². The monoisotopic (exact) mass is 347 g/mol. The van der Waals surface area contributed by atoms with Crippen molar-refractivity contribution in [2.24, 2.45) is 0 Å². The van der Waals surface area contributed by atoms with E-state index in [1.807, 2.05) is 54.6 Å². The van der Waals surface area contributed by atoms with E-state index in [1.54, 1.807) is 0 Å². The Morgan fingerprint density at radius 2 is 1.69 bits per heavy atom. The first-order chi connectivity index (χ1) is 12.8. The van der Waals surface area contributed by atoms with Gasteiger partial charge in [-0.05, 0) is 12.1 Å². The van der Waals surface area contributed by atoms with Gasteiger partial charge in [0.15, 0.2) is 5.82 Å². The van der Waals surface area contributed by atoms with Crippen LogP contribution in [0.4, 0.5) is 16.6 Å². The summed E-state index contributed by atoms with van der Waals surface area (Å²) in [6, 6.07) is 16.1. The van der Waals surface area contributed by atoms with E-state index >= 15 is 0 Å². The van der Waals surface area contributed by atoms with Crippen molar-refractivity contribution in [2.45, 2.75) is 0 Å². The number of para-hydroxylation sites is 2. The molecule has 0 saturated heterocycles. The van der Waals surface area contributed by atoms with Gasteiger partial charge in [0, 0.05) is 5.56 Å². The SMILES string of the molecule is O=C(NNc1cnc2ccccc2n1)Nc1nc(-c2ccccc2)no1. The second-order valence-electron chi connectivity index (χ2n) is 5.24. The van der Waals surface area contributed by atoms with E-state index in [1.165, 1.54) is 6.20 Å². The van der Waals surface area contributed by atoms with Crippen LogP contribution in [0.15, 0.2) is 65.3 Å². The molecule has 0 fully saturated rings. The van der Waals surface area contributed by atoms with E-state index in [-0.39, 0.29) is 6.01 Å². The average Bonchev–Trinajstić information content (AvgIpc) is 3.15. The number of nitrogens with zero attached hydrogens (tertiary/aromatic N) is 4. The molecule has 0 bridgehead atoms. The zero-order valence-electron chi connectivity index (χ0n) is 13.4. The number of hydrogen-bond donors (Lipinski definition) is 3. The van der Waals surface area contributed by atoms with Gasteiger partial charge in [0.05, 0.1) is 17.2 Å². The topological polar surface area (TPSA) is 118 Å². The second-order valence-corrected chi connectivity index (χ2v) is 5.24. The van der Waals surface area contributed by atoms with Crippen molar-refractivity contribution in [3.05, 3.63) is 60.8 Å². The summed E-state index contributed by atoms with van der Waals surface area (Å²) in [4.78, 5) is 24.6. The summed E-state index contributed by atoms with van der Waals surface area (Å²) in [5, 5.41) is 6.26. The Morgan fingerprint density at radius 3 is 2.54 bits per heavy atom. The number of rotatable bonds is 4. The molecule has 0 unspecified atom stereocenters. The number of urea groups is 1. The summed E-state index contributed by atoms with van der Waals surface area (Å²) in [7, 11) is 0. The number of hydrogen-bond acceptors (Lipinski definition) is 7. The molecule has 3 N–H and O–H groups in total. The fourth-order valence-corrected chi connectivity index (χ4v) is 2.25. The quantitative estimate of drug-likeness (QED) is 0.486. The van der Waals surface area contributed by atoms with Gasteiger partial charge >= 0.3 is 12.0 Å². The second kappa shape index (κ2) is 6.85. The lowest BCUT2D eigenvalue weighted by Crippen LogP contribution is -2.34. The molecule has 0 aliphatic rings. The first-order valence-electron chi connectivity index (χ1n) is 7.72. The minimum absolute atomic E-state index is 0.0206. The molecule has 0 aliphatic carbocycles. The van der Waals surface area contributed by atoms with Crippen LogP contribution in [0.1, 0.15) is 0 Å². The van der Waals surface area contributed by atoms with Crippen LogP contribution in [-0.4, -0.2) is 26.1 Å². The lowest BCUT2D eigenvalue weighted by molar-refractivity contribution is 0.252. The van der Waals surface area contributed by atoms with E-state index < -0.39 is 6.03 Å². The molecule has 0 aliphatic heterocycles. The van der Waals surface area contributed by atoms with Gasteiger partial charge in [0.25, 0.3) is 0 Å². The van der Waals surface area contributed by atoms with Crippen LogP contribution in [0.5, 0.6) is 0 Å². The number of nitrogens with one attached hydrogen (secondary N) is 3. The van der Waals surface area contributed by atoms with Crippen LogP contribution >= 0.6 is 0 Å². The summed E-state index contributed by atoms with van der Waals surface area (Å²) in [6.07, 6.45) is 1.52. The molecule has 9 heteroatoms. The lowest BCUT2D eigenvalue weighted by Gasteiger charge is -2.07. The summed E-state index contributed by atoms with van der Waals surface area (Å²) >= 11 is 0. The molecular formula is C17H13N7O2. The molecule has 2 amide bonds. The summed E-state index contributed by atoms with van der Waals surface area (Å²) in [5.41, 5.74) is 7.36. The molecule has 0 spiro atoms. The number of hydrazine groups is 1. The average molecular weight is 347 g/mol. The van der Waals surface area contributed by atoms with Crippen LogP contribution in [-0.2, 0) is 0 Å². The maximum Gasteiger partial charge on any atom is 0.341 e. The number of anilines is 2. The first kappa shape index (κ1) is 15.5. The Kier molecular flexibility index (Phi) is 4.09. The number of carbonyl (C=O) groups excluding carboxylic acids is 1. The summed E-state index contributed by atoms with van der Waals surface area (Å²) in [5.74, 6) is 0.781. The number of aromatic nitrogens is 4. The third-order valence-corrected chi connectivity index (χ3v) is 3.43. The van der Waals surface area contributed by atoms with Crippen molar-refractivity contribution < 1.29 is 9.32 Å². The van der Waals surface area contributed by atoms with Gasteiger partial charge in [-0.2, -0.15) is 4.98 Å². The Morgan fingerprint density at radius 1 is 0.923 bits per heavy atom. The van der Waals surface area contributed by atoms with Gasteiger partial charge in [-0.25, -0.2) is 15.2 Å². The zero-order valence-corrected chi connectivity index (χ0v) is 13.4. The number of amides is 2. The Hall–Kier alpha value is -4.01. The molecule has 4 rings (SSSR count). The molecule has 0 atom stereocenters.